The molecule has 1 aliphatic rings. The predicted octanol–water partition coefficient (Wildman–Crippen LogP) is 2.79. The highest BCUT2D eigenvalue weighted by atomic mass is 32.2. The second kappa shape index (κ2) is 9.81. The van der Waals surface area contributed by atoms with Gasteiger partial charge in [-0.15, -0.1) is 0 Å². The van der Waals surface area contributed by atoms with E-state index in [2.05, 4.69) is 5.32 Å². The molecule has 32 heavy (non-hydrogen) atoms. The van der Waals surface area contributed by atoms with Crippen LogP contribution in [-0.2, 0) is 26.3 Å². The van der Waals surface area contributed by atoms with Crippen molar-refractivity contribution in [2.24, 2.45) is 0 Å². The Bertz CT molecular complexity index is 1110. The van der Waals surface area contributed by atoms with Gasteiger partial charge in [-0.05, 0) is 56.5 Å². The average molecular weight is 460 g/mol. The molecule has 0 aliphatic carbocycles. The van der Waals surface area contributed by atoms with Gasteiger partial charge in [-0.3, -0.25) is 4.79 Å². The molecular formula is C23H29N3O5S. The Morgan fingerprint density at radius 3 is 2.31 bits per heavy atom. The summed E-state index contributed by atoms with van der Waals surface area (Å²) in [4.78, 5) is 24.7. The summed E-state index contributed by atoms with van der Waals surface area (Å²) >= 11 is 0. The molecule has 1 saturated heterocycles. The molecule has 1 fully saturated rings. The third kappa shape index (κ3) is 5.17. The highest BCUT2D eigenvalue weighted by Crippen LogP contribution is 2.24. The lowest BCUT2D eigenvalue weighted by Gasteiger charge is -2.20. The van der Waals surface area contributed by atoms with Crippen molar-refractivity contribution >= 4 is 27.8 Å². The summed E-state index contributed by atoms with van der Waals surface area (Å²) in [6, 6.07) is 10.6. The number of nitrogens with one attached hydrogen (secondary N) is 1. The van der Waals surface area contributed by atoms with Gasteiger partial charge in [0.05, 0.1) is 24.4 Å². The largest absolute Gasteiger partial charge is 0.462 e. The zero-order valence-corrected chi connectivity index (χ0v) is 19.7. The maximum atomic E-state index is 13.0. The van der Waals surface area contributed by atoms with E-state index in [9.17, 15) is 18.0 Å². The molecule has 9 heteroatoms. The van der Waals surface area contributed by atoms with Crippen LogP contribution < -0.4 is 5.32 Å². The van der Waals surface area contributed by atoms with Gasteiger partial charge in [0, 0.05) is 19.6 Å². The van der Waals surface area contributed by atoms with E-state index in [0.29, 0.717) is 6.54 Å². The third-order valence-electron chi connectivity index (χ3n) is 5.44. The number of hydrogen-bond acceptors (Lipinski definition) is 5. The van der Waals surface area contributed by atoms with Crippen molar-refractivity contribution in [3.63, 3.8) is 0 Å². The molecule has 0 atom stereocenters. The lowest BCUT2D eigenvalue weighted by Crippen LogP contribution is -2.38. The van der Waals surface area contributed by atoms with Crippen LogP contribution in [-0.4, -0.2) is 55.1 Å². The number of carbonyl (C=O) groups excluding carboxylic acids is 2. The molecule has 172 valence electrons. The number of nitrogens with zero attached hydrogens (tertiary/aromatic N) is 2. The Kier molecular flexibility index (Phi) is 7.33. The van der Waals surface area contributed by atoms with Crippen LogP contribution in [0.3, 0.4) is 0 Å². The highest BCUT2D eigenvalue weighted by molar-refractivity contribution is 7.87. The first-order valence-corrected chi connectivity index (χ1v) is 11.9. The average Bonchev–Trinajstić information content (AvgIpc) is 2.98. The summed E-state index contributed by atoms with van der Waals surface area (Å²) in [6.45, 7) is 8.34. The van der Waals surface area contributed by atoms with Crippen molar-refractivity contribution in [3.05, 3.63) is 64.2 Å². The first kappa shape index (κ1) is 23.9. The maximum Gasteiger partial charge on any atom is 0.340 e. The van der Waals surface area contributed by atoms with Gasteiger partial charge in [-0.2, -0.15) is 17.0 Å². The van der Waals surface area contributed by atoms with Crippen LogP contribution >= 0.6 is 0 Å². The zero-order valence-electron chi connectivity index (χ0n) is 18.8. The second-order valence-corrected chi connectivity index (χ2v) is 9.79. The molecule has 3 rings (SSSR count). The summed E-state index contributed by atoms with van der Waals surface area (Å²) in [7, 11) is -3.78. The van der Waals surface area contributed by atoms with Crippen molar-refractivity contribution in [2.75, 3.05) is 31.6 Å². The number of rotatable bonds is 7. The van der Waals surface area contributed by atoms with Crippen molar-refractivity contribution in [1.29, 1.82) is 0 Å². The standard InChI is InChI=1S/C23H29N3O5S/c1-5-31-23(28)19-8-6-7-9-21(19)24-22(27)15-26-11-10-25(32(26,29)30)14-20-17(3)12-16(2)13-18(20)4/h6-9,12-13H,5,10-11,14-15H2,1-4H3,(H,24,27). The van der Waals surface area contributed by atoms with Crippen LogP contribution in [0.25, 0.3) is 0 Å². The molecule has 2 aromatic carbocycles. The van der Waals surface area contributed by atoms with Gasteiger partial charge >= 0.3 is 5.97 Å². The number of hydrogen-bond donors (Lipinski definition) is 1. The quantitative estimate of drug-likeness (QED) is 0.643. The molecule has 2 aromatic rings. The summed E-state index contributed by atoms with van der Waals surface area (Å²) in [5, 5.41) is 2.64. The van der Waals surface area contributed by atoms with Crippen LogP contribution in [0.15, 0.2) is 36.4 Å². The Balaban J connectivity index is 1.70. The van der Waals surface area contributed by atoms with Crippen LogP contribution in [0.4, 0.5) is 5.69 Å². The van der Waals surface area contributed by atoms with Crippen LogP contribution in [0.5, 0.6) is 0 Å². The molecule has 8 nitrogen and oxygen atoms in total. The Labute approximate surface area is 189 Å². The summed E-state index contributed by atoms with van der Waals surface area (Å²) < 4.78 is 33.6. The van der Waals surface area contributed by atoms with E-state index < -0.39 is 22.1 Å². The maximum absolute atomic E-state index is 13.0. The Morgan fingerprint density at radius 2 is 1.66 bits per heavy atom. The smallest absolute Gasteiger partial charge is 0.340 e. The molecule has 0 saturated carbocycles. The number of anilines is 1. The monoisotopic (exact) mass is 459 g/mol. The van der Waals surface area contributed by atoms with E-state index in [4.69, 9.17) is 4.74 Å². The predicted molar refractivity (Wildman–Crippen MR) is 123 cm³/mol. The summed E-state index contributed by atoms with van der Waals surface area (Å²) in [5.41, 5.74) is 4.71. The molecule has 0 aromatic heterocycles. The normalized spacial score (nSPS) is 16.1. The van der Waals surface area contributed by atoms with E-state index >= 15 is 0 Å². The van der Waals surface area contributed by atoms with E-state index in [1.807, 2.05) is 32.9 Å². The topological polar surface area (TPSA) is 96.0 Å². The number of carbonyl (C=O) groups is 2. The molecule has 0 bridgehead atoms. The molecule has 0 unspecified atom stereocenters. The van der Waals surface area contributed by atoms with E-state index in [0.717, 1.165) is 26.6 Å². The minimum Gasteiger partial charge on any atom is -0.462 e. The summed E-state index contributed by atoms with van der Waals surface area (Å²) in [6.07, 6.45) is 0. The number of para-hydroxylation sites is 1. The van der Waals surface area contributed by atoms with Gasteiger partial charge in [0.15, 0.2) is 0 Å². The van der Waals surface area contributed by atoms with Gasteiger partial charge in [0.1, 0.15) is 0 Å². The van der Waals surface area contributed by atoms with Crippen molar-refractivity contribution < 1.29 is 22.7 Å². The molecule has 0 spiro atoms. The van der Waals surface area contributed by atoms with Crippen LogP contribution in [0.1, 0.15) is 39.5 Å². The SMILES string of the molecule is CCOC(=O)c1ccccc1NC(=O)CN1CCN(Cc2c(C)cc(C)cc2C)S1(=O)=O. The Morgan fingerprint density at radius 1 is 1.03 bits per heavy atom. The minimum absolute atomic E-state index is 0.211. The van der Waals surface area contributed by atoms with Gasteiger partial charge in [-0.25, -0.2) is 4.79 Å². The number of aryl methyl sites for hydroxylation is 3. The molecule has 1 amide bonds. The minimum atomic E-state index is -3.78. The van der Waals surface area contributed by atoms with Crippen LogP contribution in [0.2, 0.25) is 0 Å². The van der Waals surface area contributed by atoms with Crippen LogP contribution in [0, 0.1) is 20.8 Å². The molecule has 1 aliphatic heterocycles. The lowest BCUT2D eigenvalue weighted by molar-refractivity contribution is -0.116. The number of esters is 1. The first-order valence-electron chi connectivity index (χ1n) is 10.5. The van der Waals surface area contributed by atoms with Gasteiger partial charge < -0.3 is 10.1 Å². The van der Waals surface area contributed by atoms with Gasteiger partial charge in [-0.1, -0.05) is 29.8 Å². The number of ether oxygens (including phenoxy) is 1. The van der Waals surface area contributed by atoms with Crippen molar-refractivity contribution in [2.45, 2.75) is 34.2 Å². The van der Waals surface area contributed by atoms with Crippen molar-refractivity contribution in [3.8, 4) is 0 Å². The summed E-state index contributed by atoms with van der Waals surface area (Å²) in [5.74, 6) is -1.07. The molecule has 1 N–H and O–H groups in total. The van der Waals surface area contributed by atoms with Gasteiger partial charge in [0.2, 0.25) is 5.91 Å². The molecule has 1 heterocycles. The van der Waals surface area contributed by atoms with Gasteiger partial charge in [0.25, 0.3) is 10.2 Å². The highest BCUT2D eigenvalue weighted by Gasteiger charge is 2.38. The van der Waals surface area contributed by atoms with E-state index in [1.165, 1.54) is 4.31 Å². The molecule has 0 radical (unpaired) electrons. The number of amides is 1. The van der Waals surface area contributed by atoms with E-state index in [-0.39, 0.29) is 37.5 Å². The first-order chi connectivity index (χ1) is 15.1. The Hall–Kier alpha value is -2.75. The fourth-order valence-electron chi connectivity index (χ4n) is 3.90. The number of benzene rings is 2. The second-order valence-electron chi connectivity index (χ2n) is 7.87. The third-order valence-corrected chi connectivity index (χ3v) is 7.37. The molecular weight excluding hydrogens is 430 g/mol. The zero-order chi connectivity index (χ0) is 23.5. The fraction of sp³-hybridized carbons (Fsp3) is 0.391. The van der Waals surface area contributed by atoms with Crippen molar-refractivity contribution in [1.82, 2.24) is 8.61 Å². The fourth-order valence-corrected chi connectivity index (χ4v) is 5.43. The van der Waals surface area contributed by atoms with E-state index in [1.54, 1.807) is 31.2 Å². The lowest BCUT2D eigenvalue weighted by atomic mass is 10.00.